The molecule has 0 bridgehead atoms. The molecule has 0 unspecified atom stereocenters. The lowest BCUT2D eigenvalue weighted by Crippen LogP contribution is -2.12. The first kappa shape index (κ1) is 12.1. The second-order valence-corrected chi connectivity index (χ2v) is 5.22. The lowest BCUT2D eigenvalue weighted by atomic mass is 9.99. The van der Waals surface area contributed by atoms with Crippen molar-refractivity contribution in [2.45, 2.75) is 11.8 Å². The van der Waals surface area contributed by atoms with Crippen LogP contribution in [-0.4, -0.2) is 17.7 Å². The van der Waals surface area contributed by atoms with E-state index in [2.05, 4.69) is 15.9 Å². The van der Waals surface area contributed by atoms with E-state index in [1.807, 2.05) is 43.3 Å². The van der Waals surface area contributed by atoms with E-state index in [1.165, 1.54) is 0 Å². The van der Waals surface area contributed by atoms with Gasteiger partial charge in [-0.25, -0.2) is 0 Å². The molecule has 0 spiro atoms. The average molecular weight is 293 g/mol. The van der Waals surface area contributed by atoms with Crippen molar-refractivity contribution in [3.63, 3.8) is 0 Å². The summed E-state index contributed by atoms with van der Waals surface area (Å²) in [4.78, 5) is 12.0. The number of carbonyl (C=O) groups excluding carboxylic acids is 1. The van der Waals surface area contributed by atoms with Crippen molar-refractivity contribution < 1.29 is 9.53 Å². The summed E-state index contributed by atoms with van der Waals surface area (Å²) in [6.07, 6.45) is 0. The standard InChI is InChI=1S/C14H13BrO2/c1-9(15)14(16)13-11-6-4-3-5-10(11)7-8-12(13)17-2/h3-9H,1-2H3/t9-/m0/s1. The summed E-state index contributed by atoms with van der Waals surface area (Å²) in [5, 5.41) is 1.98. The minimum Gasteiger partial charge on any atom is -0.496 e. The Hall–Kier alpha value is -1.35. The molecule has 0 heterocycles. The van der Waals surface area contributed by atoms with Crippen LogP contribution in [0.5, 0.6) is 5.75 Å². The normalized spacial score (nSPS) is 12.4. The van der Waals surface area contributed by atoms with Crippen LogP contribution in [0.15, 0.2) is 36.4 Å². The molecular weight excluding hydrogens is 280 g/mol. The fourth-order valence-electron chi connectivity index (χ4n) is 1.87. The van der Waals surface area contributed by atoms with Crippen LogP contribution in [0.2, 0.25) is 0 Å². The van der Waals surface area contributed by atoms with Gasteiger partial charge in [-0.1, -0.05) is 46.3 Å². The molecule has 0 aliphatic carbocycles. The van der Waals surface area contributed by atoms with Crippen LogP contribution in [0.25, 0.3) is 10.8 Å². The Kier molecular flexibility index (Phi) is 3.48. The Labute approximate surface area is 109 Å². The number of benzene rings is 2. The number of ketones is 1. The number of alkyl halides is 1. The molecule has 88 valence electrons. The van der Waals surface area contributed by atoms with Gasteiger partial charge in [-0.2, -0.15) is 0 Å². The van der Waals surface area contributed by atoms with Crippen LogP contribution >= 0.6 is 15.9 Å². The average Bonchev–Trinajstić information content (AvgIpc) is 2.36. The fraction of sp³-hybridized carbons (Fsp3) is 0.214. The van der Waals surface area contributed by atoms with Crippen molar-refractivity contribution in [1.82, 2.24) is 0 Å². The molecule has 0 amide bonds. The first-order chi connectivity index (χ1) is 8.15. The van der Waals surface area contributed by atoms with E-state index in [9.17, 15) is 4.79 Å². The summed E-state index contributed by atoms with van der Waals surface area (Å²) in [7, 11) is 1.58. The quantitative estimate of drug-likeness (QED) is 0.635. The van der Waals surface area contributed by atoms with Crippen molar-refractivity contribution in [1.29, 1.82) is 0 Å². The third kappa shape index (κ3) is 2.20. The predicted molar refractivity (Wildman–Crippen MR) is 73.2 cm³/mol. The van der Waals surface area contributed by atoms with Gasteiger partial charge in [0, 0.05) is 0 Å². The Morgan fingerprint density at radius 3 is 2.59 bits per heavy atom. The van der Waals surface area contributed by atoms with Crippen molar-refractivity contribution in [2.24, 2.45) is 0 Å². The largest absolute Gasteiger partial charge is 0.496 e. The second-order valence-electron chi connectivity index (χ2n) is 3.84. The van der Waals surface area contributed by atoms with Gasteiger partial charge in [0.2, 0.25) is 0 Å². The van der Waals surface area contributed by atoms with Crippen LogP contribution in [0.3, 0.4) is 0 Å². The molecule has 2 aromatic rings. The van der Waals surface area contributed by atoms with Crippen LogP contribution in [0, 0.1) is 0 Å². The van der Waals surface area contributed by atoms with Gasteiger partial charge in [0.25, 0.3) is 0 Å². The second kappa shape index (κ2) is 4.88. The lowest BCUT2D eigenvalue weighted by molar-refractivity contribution is 0.0994. The van der Waals surface area contributed by atoms with Gasteiger partial charge < -0.3 is 4.74 Å². The maximum Gasteiger partial charge on any atom is 0.180 e. The minimum absolute atomic E-state index is 0.0404. The summed E-state index contributed by atoms with van der Waals surface area (Å²) in [5.74, 6) is 0.665. The maximum absolute atomic E-state index is 12.2. The predicted octanol–water partition coefficient (Wildman–Crippen LogP) is 3.81. The lowest BCUT2D eigenvalue weighted by Gasteiger charge is -2.12. The number of fused-ring (bicyclic) bond motifs is 1. The summed E-state index contributed by atoms with van der Waals surface area (Å²) in [6.45, 7) is 1.82. The number of ether oxygens (including phenoxy) is 1. The first-order valence-corrected chi connectivity index (χ1v) is 6.30. The van der Waals surface area contributed by atoms with Crippen molar-refractivity contribution >= 4 is 32.5 Å². The monoisotopic (exact) mass is 292 g/mol. The van der Waals surface area contributed by atoms with E-state index >= 15 is 0 Å². The van der Waals surface area contributed by atoms with Gasteiger partial charge in [-0.15, -0.1) is 0 Å². The molecule has 3 heteroatoms. The van der Waals surface area contributed by atoms with E-state index in [0.717, 1.165) is 10.8 Å². The topological polar surface area (TPSA) is 26.3 Å². The molecular formula is C14H13BrO2. The van der Waals surface area contributed by atoms with Crippen LogP contribution in [0.4, 0.5) is 0 Å². The summed E-state index contributed by atoms with van der Waals surface area (Å²) in [5.41, 5.74) is 0.648. The highest BCUT2D eigenvalue weighted by Gasteiger charge is 2.19. The smallest absolute Gasteiger partial charge is 0.180 e. The number of Topliss-reactive ketones (excluding diaryl/α,β-unsaturated/α-hetero) is 1. The molecule has 0 aliphatic heterocycles. The number of rotatable bonds is 3. The van der Waals surface area contributed by atoms with Crippen LogP contribution < -0.4 is 4.74 Å². The Bertz CT molecular complexity index is 561. The van der Waals surface area contributed by atoms with E-state index in [4.69, 9.17) is 4.74 Å². The minimum atomic E-state index is -0.220. The number of hydrogen-bond donors (Lipinski definition) is 0. The van der Waals surface area contributed by atoms with Gasteiger partial charge >= 0.3 is 0 Å². The maximum atomic E-state index is 12.2. The molecule has 0 saturated heterocycles. The number of methoxy groups -OCH3 is 1. The van der Waals surface area contributed by atoms with Crippen molar-refractivity contribution in [3.05, 3.63) is 42.0 Å². The molecule has 2 rings (SSSR count). The van der Waals surface area contributed by atoms with Crippen molar-refractivity contribution in [3.8, 4) is 5.75 Å². The number of halogens is 1. The highest BCUT2D eigenvalue weighted by Crippen LogP contribution is 2.30. The third-order valence-electron chi connectivity index (χ3n) is 2.72. The van der Waals surface area contributed by atoms with Gasteiger partial charge in [-0.05, 0) is 23.8 Å². The van der Waals surface area contributed by atoms with Crippen LogP contribution in [-0.2, 0) is 0 Å². The summed E-state index contributed by atoms with van der Waals surface area (Å²) < 4.78 is 5.28. The molecule has 17 heavy (non-hydrogen) atoms. The highest BCUT2D eigenvalue weighted by molar-refractivity contribution is 9.10. The Morgan fingerprint density at radius 1 is 1.24 bits per heavy atom. The van der Waals surface area contributed by atoms with E-state index < -0.39 is 0 Å². The highest BCUT2D eigenvalue weighted by atomic mass is 79.9. The molecule has 0 fully saturated rings. The zero-order valence-corrected chi connectivity index (χ0v) is 11.3. The zero-order valence-electron chi connectivity index (χ0n) is 9.74. The molecule has 0 saturated carbocycles. The van der Waals surface area contributed by atoms with Gasteiger partial charge in [0.05, 0.1) is 17.5 Å². The first-order valence-electron chi connectivity index (χ1n) is 5.39. The molecule has 0 radical (unpaired) electrons. The van der Waals surface area contributed by atoms with Gasteiger partial charge in [-0.3, -0.25) is 4.79 Å². The SMILES string of the molecule is COc1ccc2ccccc2c1C(=O)[C@H](C)Br. The number of carbonyl (C=O) groups is 1. The molecule has 2 nitrogen and oxygen atoms in total. The molecule has 0 N–H and O–H groups in total. The van der Waals surface area contributed by atoms with E-state index in [-0.39, 0.29) is 10.6 Å². The Morgan fingerprint density at radius 2 is 1.94 bits per heavy atom. The molecule has 2 aromatic carbocycles. The van der Waals surface area contributed by atoms with Crippen molar-refractivity contribution in [2.75, 3.05) is 7.11 Å². The van der Waals surface area contributed by atoms with Gasteiger partial charge in [0.1, 0.15) is 5.75 Å². The summed E-state index contributed by atoms with van der Waals surface area (Å²) >= 11 is 3.32. The summed E-state index contributed by atoms with van der Waals surface area (Å²) in [6, 6.07) is 11.6. The molecule has 0 aromatic heterocycles. The zero-order chi connectivity index (χ0) is 12.4. The van der Waals surface area contributed by atoms with Gasteiger partial charge in [0.15, 0.2) is 5.78 Å². The van der Waals surface area contributed by atoms with Crippen LogP contribution in [0.1, 0.15) is 17.3 Å². The Balaban J connectivity index is 2.76. The molecule has 1 atom stereocenters. The van der Waals surface area contributed by atoms with E-state index in [1.54, 1.807) is 7.11 Å². The van der Waals surface area contributed by atoms with E-state index in [0.29, 0.717) is 11.3 Å². The third-order valence-corrected chi connectivity index (χ3v) is 3.13. The molecule has 0 aliphatic rings. The number of hydrogen-bond acceptors (Lipinski definition) is 2. The fourth-order valence-corrected chi connectivity index (χ4v) is 2.10.